The molecule has 3 rings (SSSR count). The number of carbonyl (C=O) groups is 2. The van der Waals surface area contributed by atoms with Crippen LogP contribution in [0.5, 0.6) is 0 Å². The smallest absolute Gasteiger partial charge is 0.251 e. The van der Waals surface area contributed by atoms with Crippen LogP contribution in [-0.4, -0.2) is 38.6 Å². The van der Waals surface area contributed by atoms with Gasteiger partial charge in [0.2, 0.25) is 5.91 Å². The number of hydrogen-bond donors (Lipinski definition) is 2. The van der Waals surface area contributed by atoms with Gasteiger partial charge >= 0.3 is 0 Å². The fourth-order valence-corrected chi connectivity index (χ4v) is 2.77. The molecule has 8 nitrogen and oxygen atoms in total. The first-order valence-electron chi connectivity index (χ1n) is 8.70. The highest BCUT2D eigenvalue weighted by molar-refractivity contribution is 6.30. The van der Waals surface area contributed by atoms with Gasteiger partial charge in [-0.05, 0) is 71.8 Å². The van der Waals surface area contributed by atoms with Crippen molar-refractivity contribution in [2.24, 2.45) is 0 Å². The van der Waals surface area contributed by atoms with Crippen molar-refractivity contribution in [3.8, 4) is 5.69 Å². The fraction of sp³-hybridized carbons (Fsp3) is 0.211. The molecule has 0 atom stereocenters. The van der Waals surface area contributed by atoms with Crippen LogP contribution in [0.15, 0.2) is 48.8 Å². The Hall–Kier alpha value is -3.26. The number of amides is 2. The van der Waals surface area contributed by atoms with Gasteiger partial charge in [0.05, 0.1) is 5.69 Å². The van der Waals surface area contributed by atoms with Crippen molar-refractivity contribution < 1.29 is 9.59 Å². The molecule has 1 heterocycles. The van der Waals surface area contributed by atoms with E-state index in [0.717, 1.165) is 11.3 Å². The molecular formula is C19H19ClN6O2. The number of tetrazole rings is 1. The molecule has 0 aliphatic heterocycles. The minimum Gasteiger partial charge on any atom is -0.352 e. The molecule has 0 spiro atoms. The number of aromatic nitrogens is 4. The van der Waals surface area contributed by atoms with Gasteiger partial charge in [0.15, 0.2) is 0 Å². The molecule has 9 heteroatoms. The normalized spacial score (nSPS) is 10.5. The predicted molar refractivity (Wildman–Crippen MR) is 106 cm³/mol. The van der Waals surface area contributed by atoms with Gasteiger partial charge in [-0.2, -0.15) is 0 Å². The molecular weight excluding hydrogens is 380 g/mol. The highest BCUT2D eigenvalue weighted by Crippen LogP contribution is 2.18. The zero-order valence-corrected chi connectivity index (χ0v) is 16.0. The van der Waals surface area contributed by atoms with Crippen molar-refractivity contribution in [1.82, 2.24) is 25.5 Å². The molecule has 1 aromatic heterocycles. The van der Waals surface area contributed by atoms with Gasteiger partial charge < -0.3 is 10.6 Å². The lowest BCUT2D eigenvalue weighted by Gasteiger charge is -2.09. The SMILES string of the molecule is Cc1cc(NC(=O)CCCNC(=O)c2ccc(Cl)cc2)ccc1-n1cnnn1. The Balaban J connectivity index is 1.44. The van der Waals surface area contributed by atoms with E-state index >= 15 is 0 Å². The van der Waals surface area contributed by atoms with Crippen LogP contribution in [0.4, 0.5) is 5.69 Å². The second kappa shape index (κ2) is 9.09. The average molecular weight is 399 g/mol. The van der Waals surface area contributed by atoms with Crippen molar-refractivity contribution in [3.63, 3.8) is 0 Å². The van der Waals surface area contributed by atoms with Crippen LogP contribution in [0.25, 0.3) is 5.69 Å². The van der Waals surface area contributed by atoms with E-state index in [-0.39, 0.29) is 11.8 Å². The molecule has 28 heavy (non-hydrogen) atoms. The largest absolute Gasteiger partial charge is 0.352 e. The molecule has 2 N–H and O–H groups in total. The van der Waals surface area contributed by atoms with E-state index in [1.807, 2.05) is 19.1 Å². The van der Waals surface area contributed by atoms with E-state index in [9.17, 15) is 9.59 Å². The first kappa shape index (κ1) is 19.5. The third-order valence-corrected chi connectivity index (χ3v) is 4.30. The van der Waals surface area contributed by atoms with Crippen LogP contribution >= 0.6 is 11.6 Å². The van der Waals surface area contributed by atoms with Gasteiger partial charge in [-0.1, -0.05) is 11.6 Å². The van der Waals surface area contributed by atoms with E-state index in [0.29, 0.717) is 35.7 Å². The summed E-state index contributed by atoms with van der Waals surface area (Å²) in [6, 6.07) is 12.1. The lowest BCUT2D eigenvalue weighted by molar-refractivity contribution is -0.116. The summed E-state index contributed by atoms with van der Waals surface area (Å²) in [5.41, 5.74) is 3.00. The Kier molecular flexibility index (Phi) is 6.33. The van der Waals surface area contributed by atoms with Crippen molar-refractivity contribution in [1.29, 1.82) is 0 Å². The van der Waals surface area contributed by atoms with Crippen molar-refractivity contribution >= 4 is 29.1 Å². The van der Waals surface area contributed by atoms with E-state index in [4.69, 9.17) is 11.6 Å². The molecule has 0 unspecified atom stereocenters. The quantitative estimate of drug-likeness (QED) is 0.596. The van der Waals surface area contributed by atoms with Crippen molar-refractivity contribution in [2.75, 3.05) is 11.9 Å². The Morgan fingerprint density at radius 2 is 1.93 bits per heavy atom. The Morgan fingerprint density at radius 1 is 1.14 bits per heavy atom. The number of carbonyl (C=O) groups excluding carboxylic acids is 2. The van der Waals surface area contributed by atoms with Gasteiger partial charge in [0.25, 0.3) is 5.91 Å². The lowest BCUT2D eigenvalue weighted by Crippen LogP contribution is -2.25. The third kappa shape index (κ3) is 5.14. The fourth-order valence-electron chi connectivity index (χ4n) is 2.64. The lowest BCUT2D eigenvalue weighted by atomic mass is 10.1. The number of hydrogen-bond acceptors (Lipinski definition) is 5. The summed E-state index contributed by atoms with van der Waals surface area (Å²) in [5, 5.41) is 17.3. The highest BCUT2D eigenvalue weighted by Gasteiger charge is 2.08. The summed E-state index contributed by atoms with van der Waals surface area (Å²) < 4.78 is 1.56. The van der Waals surface area contributed by atoms with Gasteiger partial charge in [0.1, 0.15) is 6.33 Å². The van der Waals surface area contributed by atoms with Crippen LogP contribution in [0.1, 0.15) is 28.8 Å². The zero-order valence-electron chi connectivity index (χ0n) is 15.2. The molecule has 0 aliphatic carbocycles. The van der Waals surface area contributed by atoms with Crippen LogP contribution in [0.2, 0.25) is 5.02 Å². The summed E-state index contributed by atoms with van der Waals surface area (Å²) in [5.74, 6) is -0.304. The van der Waals surface area contributed by atoms with Crippen LogP contribution in [-0.2, 0) is 4.79 Å². The summed E-state index contributed by atoms with van der Waals surface area (Å²) in [4.78, 5) is 24.1. The number of halogens is 1. The van der Waals surface area contributed by atoms with E-state index in [2.05, 4.69) is 26.2 Å². The van der Waals surface area contributed by atoms with Crippen LogP contribution in [0, 0.1) is 6.92 Å². The monoisotopic (exact) mass is 398 g/mol. The average Bonchev–Trinajstić information content (AvgIpc) is 3.20. The molecule has 0 radical (unpaired) electrons. The zero-order chi connectivity index (χ0) is 19.9. The third-order valence-electron chi connectivity index (χ3n) is 4.05. The Labute approximate surface area is 166 Å². The first-order valence-corrected chi connectivity index (χ1v) is 9.08. The molecule has 0 fully saturated rings. The highest BCUT2D eigenvalue weighted by atomic mass is 35.5. The molecule has 144 valence electrons. The number of rotatable bonds is 7. The summed E-state index contributed by atoms with van der Waals surface area (Å²) >= 11 is 5.80. The standard InChI is InChI=1S/C19H19ClN6O2/c1-13-11-16(8-9-17(13)26-12-22-24-25-26)23-18(27)3-2-10-21-19(28)14-4-6-15(20)7-5-14/h4-9,11-12H,2-3,10H2,1H3,(H,21,28)(H,23,27). The maximum Gasteiger partial charge on any atom is 0.251 e. The molecule has 0 bridgehead atoms. The molecule has 0 saturated heterocycles. The molecule has 3 aromatic rings. The minimum absolute atomic E-state index is 0.115. The van der Waals surface area contributed by atoms with Crippen molar-refractivity contribution in [3.05, 3.63) is 64.9 Å². The Morgan fingerprint density at radius 3 is 2.61 bits per heavy atom. The molecule has 0 aliphatic rings. The number of anilines is 1. The summed E-state index contributed by atoms with van der Waals surface area (Å²) in [6.45, 7) is 2.32. The van der Waals surface area contributed by atoms with Gasteiger partial charge in [-0.25, -0.2) is 4.68 Å². The molecule has 2 amide bonds. The van der Waals surface area contributed by atoms with Crippen molar-refractivity contribution in [2.45, 2.75) is 19.8 Å². The predicted octanol–water partition coefficient (Wildman–Crippen LogP) is 2.77. The Bertz CT molecular complexity index is 957. The first-order chi connectivity index (χ1) is 13.5. The number of benzene rings is 2. The second-order valence-electron chi connectivity index (χ2n) is 6.17. The second-order valence-corrected chi connectivity index (χ2v) is 6.61. The van der Waals surface area contributed by atoms with E-state index < -0.39 is 0 Å². The maximum atomic E-state index is 12.1. The molecule has 0 saturated carbocycles. The molecule has 2 aromatic carbocycles. The van der Waals surface area contributed by atoms with E-state index in [1.165, 1.54) is 6.33 Å². The number of nitrogens with zero attached hydrogens (tertiary/aromatic N) is 4. The number of aryl methyl sites for hydroxylation is 1. The topological polar surface area (TPSA) is 102 Å². The van der Waals surface area contributed by atoms with Gasteiger partial charge in [-0.15, -0.1) is 5.10 Å². The van der Waals surface area contributed by atoms with E-state index in [1.54, 1.807) is 35.0 Å². The number of nitrogens with one attached hydrogen (secondary N) is 2. The van der Waals surface area contributed by atoms with Crippen LogP contribution in [0.3, 0.4) is 0 Å². The summed E-state index contributed by atoms with van der Waals surface area (Å²) in [7, 11) is 0. The van der Waals surface area contributed by atoms with Gasteiger partial charge in [-0.3, -0.25) is 9.59 Å². The van der Waals surface area contributed by atoms with Crippen LogP contribution < -0.4 is 10.6 Å². The minimum atomic E-state index is -0.189. The maximum absolute atomic E-state index is 12.1. The van der Waals surface area contributed by atoms with Gasteiger partial charge in [0, 0.05) is 29.2 Å². The summed E-state index contributed by atoms with van der Waals surface area (Å²) in [6.07, 6.45) is 2.35.